The summed E-state index contributed by atoms with van der Waals surface area (Å²) in [6.07, 6.45) is 3.39. The van der Waals surface area contributed by atoms with Gasteiger partial charge in [0.25, 0.3) is 0 Å². The van der Waals surface area contributed by atoms with Gasteiger partial charge < -0.3 is 11.1 Å². The summed E-state index contributed by atoms with van der Waals surface area (Å²) in [5, 5.41) is 6.11. The maximum Gasteiger partial charge on any atom is 0.211 e. The lowest BCUT2D eigenvalue weighted by atomic mass is 10.0. The van der Waals surface area contributed by atoms with Crippen molar-refractivity contribution in [2.24, 2.45) is 16.5 Å². The van der Waals surface area contributed by atoms with E-state index in [2.05, 4.69) is 15.3 Å². The highest BCUT2D eigenvalue weighted by Gasteiger charge is 2.27. The summed E-state index contributed by atoms with van der Waals surface area (Å²) in [7, 11) is 0. The summed E-state index contributed by atoms with van der Waals surface area (Å²) in [4.78, 5) is 8.77. The fraction of sp³-hybridized carbons (Fsp3) is 0.143. The van der Waals surface area contributed by atoms with Gasteiger partial charge >= 0.3 is 0 Å². The van der Waals surface area contributed by atoms with Gasteiger partial charge in [0.05, 0.1) is 10.7 Å². The van der Waals surface area contributed by atoms with Crippen LogP contribution in [0.3, 0.4) is 0 Å². The molecule has 1 aliphatic rings. The highest BCUT2D eigenvalue weighted by molar-refractivity contribution is 7.09. The number of thiazole rings is 1. The number of nitrogens with zero attached hydrogens (tertiary/aromatic N) is 2. The van der Waals surface area contributed by atoms with E-state index in [9.17, 15) is 0 Å². The maximum absolute atomic E-state index is 6.28. The van der Waals surface area contributed by atoms with Gasteiger partial charge in [-0.3, -0.25) is 5.73 Å². The Kier molecular flexibility index (Phi) is 4.32. The van der Waals surface area contributed by atoms with Gasteiger partial charge in [-0.15, -0.1) is 23.7 Å². The third kappa shape index (κ3) is 3.07. The molecule has 0 saturated heterocycles. The molecule has 0 radical (unpaired) electrons. The Morgan fingerprint density at radius 3 is 2.81 bits per heavy atom. The van der Waals surface area contributed by atoms with Crippen molar-refractivity contribution in [3.05, 3.63) is 52.5 Å². The second-order valence-electron chi connectivity index (χ2n) is 4.61. The van der Waals surface area contributed by atoms with Gasteiger partial charge in [-0.05, 0) is 19.1 Å². The fourth-order valence-electron chi connectivity index (χ4n) is 2.09. The zero-order valence-electron chi connectivity index (χ0n) is 11.4. The maximum atomic E-state index is 6.28. The Bertz CT molecular complexity index is 709. The van der Waals surface area contributed by atoms with Crippen molar-refractivity contribution < 1.29 is 0 Å². The SMILES string of the molecule is Cc1nc(-c2cccc(C3(N)N=C(N)C=CN3)c2)cs1.Cl. The number of aryl methyl sites for hydroxylation is 1. The summed E-state index contributed by atoms with van der Waals surface area (Å²) in [5.41, 5.74) is 14.8. The summed E-state index contributed by atoms with van der Waals surface area (Å²) in [5.74, 6) is -0.624. The Balaban J connectivity index is 0.00000161. The smallest absolute Gasteiger partial charge is 0.211 e. The average molecular weight is 322 g/mol. The Hall–Kier alpha value is -1.89. The number of hydrogen-bond donors (Lipinski definition) is 3. The number of amidine groups is 1. The molecule has 0 fully saturated rings. The number of halogens is 1. The molecule has 21 heavy (non-hydrogen) atoms. The number of nitrogens with two attached hydrogens (primary N) is 2. The van der Waals surface area contributed by atoms with Crippen LogP contribution in [-0.2, 0) is 5.79 Å². The number of benzene rings is 1. The molecule has 5 nitrogen and oxygen atoms in total. The molecule has 1 aliphatic heterocycles. The van der Waals surface area contributed by atoms with Crippen molar-refractivity contribution in [2.75, 3.05) is 0 Å². The fourth-order valence-corrected chi connectivity index (χ4v) is 2.71. The van der Waals surface area contributed by atoms with Crippen molar-refractivity contribution in [3.8, 4) is 11.3 Å². The van der Waals surface area contributed by atoms with E-state index in [1.807, 2.05) is 36.6 Å². The molecule has 0 amide bonds. The van der Waals surface area contributed by atoms with Crippen LogP contribution in [-0.4, -0.2) is 10.8 Å². The first-order valence-corrected chi connectivity index (χ1v) is 7.06. The van der Waals surface area contributed by atoms with Crippen molar-refractivity contribution in [2.45, 2.75) is 12.7 Å². The second-order valence-corrected chi connectivity index (χ2v) is 5.68. The van der Waals surface area contributed by atoms with E-state index in [-0.39, 0.29) is 12.4 Å². The molecule has 3 rings (SSSR count). The van der Waals surface area contributed by atoms with Crippen LogP contribution in [0.4, 0.5) is 0 Å². The lowest BCUT2D eigenvalue weighted by Gasteiger charge is -2.29. The number of rotatable bonds is 2. The predicted molar refractivity (Wildman–Crippen MR) is 89.3 cm³/mol. The molecule has 1 atom stereocenters. The third-order valence-electron chi connectivity index (χ3n) is 3.08. The monoisotopic (exact) mass is 321 g/mol. The van der Waals surface area contributed by atoms with Crippen LogP contribution in [0, 0.1) is 6.92 Å². The highest BCUT2D eigenvalue weighted by Crippen LogP contribution is 2.26. The number of hydrogen-bond acceptors (Lipinski definition) is 6. The summed E-state index contributed by atoms with van der Waals surface area (Å²) in [6, 6.07) is 7.86. The lowest BCUT2D eigenvalue weighted by molar-refractivity contribution is 0.410. The van der Waals surface area contributed by atoms with Gasteiger partial charge in [0.15, 0.2) is 0 Å². The molecular formula is C14H16ClN5S. The molecule has 1 aromatic carbocycles. The molecule has 2 aromatic rings. The predicted octanol–water partition coefficient (Wildman–Crippen LogP) is 2.08. The lowest BCUT2D eigenvalue weighted by Crippen LogP contribution is -2.49. The molecule has 0 saturated carbocycles. The van der Waals surface area contributed by atoms with Gasteiger partial charge in [-0.25, -0.2) is 9.98 Å². The standard InChI is InChI=1S/C14H15N5S.ClH/c1-9-18-12(8-20-9)10-3-2-4-11(7-10)14(16)17-6-5-13(15)19-14;/h2-8,17H,16H2,1H3,(H2,15,19);1H. The van der Waals surface area contributed by atoms with Crippen LogP contribution >= 0.6 is 23.7 Å². The molecule has 110 valence electrons. The summed E-state index contributed by atoms with van der Waals surface area (Å²) < 4.78 is 0. The van der Waals surface area contributed by atoms with E-state index >= 15 is 0 Å². The van der Waals surface area contributed by atoms with E-state index in [1.54, 1.807) is 23.6 Å². The molecule has 2 heterocycles. The van der Waals surface area contributed by atoms with Crippen molar-refractivity contribution in [1.82, 2.24) is 10.3 Å². The molecule has 0 spiro atoms. The van der Waals surface area contributed by atoms with Gasteiger partial charge in [0.1, 0.15) is 5.84 Å². The molecular weight excluding hydrogens is 306 g/mol. The zero-order valence-corrected chi connectivity index (χ0v) is 13.0. The third-order valence-corrected chi connectivity index (χ3v) is 3.85. The van der Waals surface area contributed by atoms with Crippen LogP contribution in [0.15, 0.2) is 46.9 Å². The molecule has 0 bridgehead atoms. The van der Waals surface area contributed by atoms with E-state index < -0.39 is 5.79 Å². The van der Waals surface area contributed by atoms with Crippen LogP contribution < -0.4 is 16.8 Å². The average Bonchev–Trinajstić information content (AvgIpc) is 2.85. The molecule has 1 aromatic heterocycles. The minimum absolute atomic E-state index is 0. The number of aromatic nitrogens is 1. The minimum Gasteiger partial charge on any atom is -0.384 e. The van der Waals surface area contributed by atoms with E-state index in [0.717, 1.165) is 21.8 Å². The van der Waals surface area contributed by atoms with Gasteiger partial charge in [0.2, 0.25) is 5.79 Å². The van der Waals surface area contributed by atoms with Crippen LogP contribution in [0.1, 0.15) is 10.6 Å². The molecule has 1 unspecified atom stereocenters. The molecule has 5 N–H and O–H groups in total. The molecule has 0 aliphatic carbocycles. The van der Waals surface area contributed by atoms with Crippen LogP contribution in [0.2, 0.25) is 0 Å². The highest BCUT2D eigenvalue weighted by atomic mass is 35.5. The number of nitrogens with one attached hydrogen (secondary N) is 1. The first-order chi connectivity index (χ1) is 9.57. The van der Waals surface area contributed by atoms with Gasteiger partial charge in [0, 0.05) is 22.7 Å². The Labute approximate surface area is 133 Å². The quantitative estimate of drug-likeness (QED) is 0.790. The summed E-state index contributed by atoms with van der Waals surface area (Å²) in [6.45, 7) is 1.99. The van der Waals surface area contributed by atoms with Crippen molar-refractivity contribution in [3.63, 3.8) is 0 Å². The van der Waals surface area contributed by atoms with Crippen LogP contribution in [0.5, 0.6) is 0 Å². The minimum atomic E-state index is -1.03. The summed E-state index contributed by atoms with van der Waals surface area (Å²) >= 11 is 1.62. The first kappa shape index (κ1) is 15.5. The Morgan fingerprint density at radius 1 is 1.33 bits per heavy atom. The number of aliphatic imine (C=N–C) groups is 1. The molecule has 7 heteroatoms. The Morgan fingerprint density at radius 2 is 2.14 bits per heavy atom. The van der Waals surface area contributed by atoms with Gasteiger partial charge in [-0.2, -0.15) is 0 Å². The van der Waals surface area contributed by atoms with Gasteiger partial charge in [-0.1, -0.05) is 18.2 Å². The van der Waals surface area contributed by atoms with Crippen molar-refractivity contribution >= 4 is 29.6 Å². The van der Waals surface area contributed by atoms with E-state index in [0.29, 0.717) is 5.84 Å². The van der Waals surface area contributed by atoms with E-state index in [4.69, 9.17) is 11.5 Å². The van der Waals surface area contributed by atoms with Crippen molar-refractivity contribution in [1.29, 1.82) is 0 Å². The topological polar surface area (TPSA) is 89.3 Å². The van der Waals surface area contributed by atoms with E-state index in [1.165, 1.54) is 0 Å². The second kappa shape index (κ2) is 5.85. The normalized spacial score (nSPS) is 20.4. The largest absolute Gasteiger partial charge is 0.384 e. The first-order valence-electron chi connectivity index (χ1n) is 6.18. The zero-order chi connectivity index (χ0) is 14.2. The van der Waals surface area contributed by atoms with Crippen LogP contribution in [0.25, 0.3) is 11.3 Å².